The van der Waals surface area contributed by atoms with E-state index in [1.807, 2.05) is 0 Å². The topological polar surface area (TPSA) is 21.7 Å². The van der Waals surface area contributed by atoms with E-state index in [1.165, 1.54) is 6.07 Å². The summed E-state index contributed by atoms with van der Waals surface area (Å²) in [6.07, 6.45) is 0.101. The van der Waals surface area contributed by atoms with Crippen molar-refractivity contribution in [3.05, 3.63) is 29.6 Å². The van der Waals surface area contributed by atoms with Gasteiger partial charge in [0.25, 0.3) is 0 Å². The Morgan fingerprint density at radius 2 is 2.33 bits per heavy atom. The van der Waals surface area contributed by atoms with Crippen LogP contribution in [-0.2, 0) is 4.74 Å². The van der Waals surface area contributed by atoms with Gasteiger partial charge in [-0.15, -0.1) is 0 Å². The van der Waals surface area contributed by atoms with E-state index in [9.17, 15) is 4.39 Å². The minimum Gasteiger partial charge on any atom is -0.491 e. The van der Waals surface area contributed by atoms with Crippen LogP contribution in [0.5, 0.6) is 5.75 Å². The van der Waals surface area contributed by atoms with Crippen LogP contribution in [-0.4, -0.2) is 43.9 Å². The minimum atomic E-state index is -0.201. The SMILES string of the molecule is CCN1CCOC(COc2ccc(F)c(C)c2)C1. The summed E-state index contributed by atoms with van der Waals surface area (Å²) < 4.78 is 24.4. The summed E-state index contributed by atoms with van der Waals surface area (Å²) in [6.45, 7) is 8.07. The molecular weight excluding hydrogens is 233 g/mol. The van der Waals surface area contributed by atoms with Crippen molar-refractivity contribution in [2.24, 2.45) is 0 Å². The minimum absolute atomic E-state index is 0.101. The lowest BCUT2D eigenvalue weighted by Gasteiger charge is -2.31. The van der Waals surface area contributed by atoms with Gasteiger partial charge in [0, 0.05) is 13.1 Å². The summed E-state index contributed by atoms with van der Waals surface area (Å²) in [7, 11) is 0. The maximum Gasteiger partial charge on any atom is 0.126 e. The average molecular weight is 253 g/mol. The van der Waals surface area contributed by atoms with Gasteiger partial charge in [-0.25, -0.2) is 4.39 Å². The predicted molar refractivity (Wildman–Crippen MR) is 68.5 cm³/mol. The fraction of sp³-hybridized carbons (Fsp3) is 0.571. The fourth-order valence-electron chi connectivity index (χ4n) is 2.06. The predicted octanol–water partition coefficient (Wildman–Crippen LogP) is 2.23. The Labute approximate surface area is 107 Å². The Bertz CT molecular complexity index is 397. The lowest BCUT2D eigenvalue weighted by Crippen LogP contribution is -2.44. The molecule has 1 unspecified atom stereocenters. The molecule has 0 aliphatic carbocycles. The molecule has 18 heavy (non-hydrogen) atoms. The first kappa shape index (κ1) is 13.3. The molecule has 1 saturated heterocycles. The molecule has 1 aliphatic rings. The first-order valence-corrected chi connectivity index (χ1v) is 6.42. The fourth-order valence-corrected chi connectivity index (χ4v) is 2.06. The number of rotatable bonds is 4. The lowest BCUT2D eigenvalue weighted by molar-refractivity contribution is -0.0464. The van der Waals surface area contributed by atoms with Crippen molar-refractivity contribution < 1.29 is 13.9 Å². The Hall–Kier alpha value is -1.13. The van der Waals surface area contributed by atoms with Crippen LogP contribution in [0.3, 0.4) is 0 Å². The summed E-state index contributed by atoms with van der Waals surface area (Å²) in [5.74, 6) is 0.500. The monoisotopic (exact) mass is 253 g/mol. The lowest BCUT2D eigenvalue weighted by atomic mass is 10.2. The number of halogens is 1. The van der Waals surface area contributed by atoms with Crippen LogP contribution in [0.15, 0.2) is 18.2 Å². The van der Waals surface area contributed by atoms with Crippen LogP contribution in [0, 0.1) is 12.7 Å². The molecule has 0 saturated carbocycles. The molecule has 1 aromatic carbocycles. The first-order chi connectivity index (χ1) is 8.69. The average Bonchev–Trinajstić information content (AvgIpc) is 2.40. The zero-order chi connectivity index (χ0) is 13.0. The number of aryl methyl sites for hydroxylation is 1. The maximum atomic E-state index is 13.1. The molecule has 1 heterocycles. The molecule has 0 aromatic heterocycles. The molecule has 1 aromatic rings. The van der Waals surface area contributed by atoms with Crippen molar-refractivity contribution >= 4 is 0 Å². The Morgan fingerprint density at radius 3 is 3.06 bits per heavy atom. The van der Waals surface area contributed by atoms with E-state index in [4.69, 9.17) is 9.47 Å². The van der Waals surface area contributed by atoms with Gasteiger partial charge in [0.05, 0.1) is 6.61 Å². The third kappa shape index (κ3) is 3.43. The molecule has 4 heteroatoms. The number of likely N-dealkylation sites (N-methyl/N-ethyl adjacent to an activating group) is 1. The summed E-state index contributed by atoms with van der Waals surface area (Å²) in [5.41, 5.74) is 0.604. The molecule has 0 bridgehead atoms. The van der Waals surface area contributed by atoms with Crippen molar-refractivity contribution in [3.8, 4) is 5.75 Å². The Balaban J connectivity index is 1.85. The molecule has 0 spiro atoms. The summed E-state index contributed by atoms with van der Waals surface area (Å²) in [4.78, 5) is 2.34. The second-order valence-corrected chi connectivity index (χ2v) is 4.61. The second kappa shape index (κ2) is 6.16. The first-order valence-electron chi connectivity index (χ1n) is 6.42. The molecule has 1 atom stereocenters. The third-order valence-electron chi connectivity index (χ3n) is 3.24. The molecule has 0 N–H and O–H groups in total. The molecule has 0 amide bonds. The van der Waals surface area contributed by atoms with Crippen molar-refractivity contribution in [2.75, 3.05) is 32.8 Å². The van der Waals surface area contributed by atoms with Gasteiger partial charge in [-0.3, -0.25) is 4.90 Å². The van der Waals surface area contributed by atoms with Crippen LogP contribution in [0.1, 0.15) is 12.5 Å². The van der Waals surface area contributed by atoms with Crippen molar-refractivity contribution in [1.82, 2.24) is 4.90 Å². The third-order valence-corrected chi connectivity index (χ3v) is 3.24. The van der Waals surface area contributed by atoms with Gasteiger partial charge in [-0.1, -0.05) is 6.92 Å². The van der Waals surface area contributed by atoms with Gasteiger partial charge in [0.2, 0.25) is 0 Å². The van der Waals surface area contributed by atoms with E-state index in [1.54, 1.807) is 19.1 Å². The zero-order valence-corrected chi connectivity index (χ0v) is 11.0. The van der Waals surface area contributed by atoms with Crippen LogP contribution in [0.2, 0.25) is 0 Å². The molecule has 2 rings (SSSR count). The van der Waals surface area contributed by atoms with Crippen molar-refractivity contribution in [1.29, 1.82) is 0 Å². The molecule has 100 valence electrons. The van der Waals surface area contributed by atoms with Crippen LogP contribution in [0.4, 0.5) is 4.39 Å². The largest absolute Gasteiger partial charge is 0.491 e. The number of morpholine rings is 1. The highest BCUT2D eigenvalue weighted by Crippen LogP contribution is 2.17. The summed E-state index contributed by atoms with van der Waals surface area (Å²) in [6, 6.07) is 4.81. The quantitative estimate of drug-likeness (QED) is 0.821. The number of hydrogen-bond acceptors (Lipinski definition) is 3. The Morgan fingerprint density at radius 1 is 1.50 bits per heavy atom. The number of benzene rings is 1. The molecule has 1 fully saturated rings. The van der Waals surface area contributed by atoms with E-state index in [2.05, 4.69) is 11.8 Å². The molecule has 3 nitrogen and oxygen atoms in total. The van der Waals surface area contributed by atoms with Crippen LogP contribution >= 0.6 is 0 Å². The highest BCUT2D eigenvalue weighted by Gasteiger charge is 2.19. The van der Waals surface area contributed by atoms with Crippen LogP contribution < -0.4 is 4.74 Å². The smallest absolute Gasteiger partial charge is 0.126 e. The molecular formula is C14H20FNO2. The highest BCUT2D eigenvalue weighted by atomic mass is 19.1. The van der Waals surface area contributed by atoms with Gasteiger partial charge >= 0.3 is 0 Å². The standard InChI is InChI=1S/C14H20FNO2/c1-3-16-6-7-17-13(9-16)10-18-12-4-5-14(15)11(2)8-12/h4-5,8,13H,3,6-7,9-10H2,1-2H3. The molecule has 1 aliphatic heterocycles. The molecule has 0 radical (unpaired) electrons. The highest BCUT2D eigenvalue weighted by molar-refractivity contribution is 5.28. The van der Waals surface area contributed by atoms with Gasteiger partial charge in [-0.05, 0) is 37.2 Å². The van der Waals surface area contributed by atoms with Gasteiger partial charge in [0.1, 0.15) is 24.3 Å². The number of nitrogens with zero attached hydrogens (tertiary/aromatic N) is 1. The number of hydrogen-bond donors (Lipinski definition) is 0. The number of ether oxygens (including phenoxy) is 2. The van der Waals surface area contributed by atoms with Gasteiger partial charge in [-0.2, -0.15) is 0 Å². The summed E-state index contributed by atoms with van der Waals surface area (Å²) >= 11 is 0. The van der Waals surface area contributed by atoms with E-state index in [0.717, 1.165) is 26.2 Å². The summed E-state index contributed by atoms with van der Waals surface area (Å²) in [5, 5.41) is 0. The van der Waals surface area contributed by atoms with E-state index < -0.39 is 0 Å². The maximum absolute atomic E-state index is 13.1. The second-order valence-electron chi connectivity index (χ2n) is 4.61. The van der Waals surface area contributed by atoms with Crippen molar-refractivity contribution in [2.45, 2.75) is 20.0 Å². The van der Waals surface area contributed by atoms with Gasteiger partial charge in [0.15, 0.2) is 0 Å². The van der Waals surface area contributed by atoms with E-state index >= 15 is 0 Å². The van der Waals surface area contributed by atoms with E-state index in [0.29, 0.717) is 17.9 Å². The Kier molecular flexibility index (Phi) is 4.55. The van der Waals surface area contributed by atoms with E-state index in [-0.39, 0.29) is 11.9 Å². The van der Waals surface area contributed by atoms with Crippen molar-refractivity contribution in [3.63, 3.8) is 0 Å². The van der Waals surface area contributed by atoms with Gasteiger partial charge < -0.3 is 9.47 Å². The normalized spacial score (nSPS) is 20.9. The zero-order valence-electron chi connectivity index (χ0n) is 11.0. The van der Waals surface area contributed by atoms with Crippen LogP contribution in [0.25, 0.3) is 0 Å².